The number of amides is 3. The molecule has 27 heavy (non-hydrogen) atoms. The van der Waals surface area contributed by atoms with Crippen molar-refractivity contribution in [3.63, 3.8) is 0 Å². The maximum Gasteiger partial charge on any atom is 0.319 e. The van der Waals surface area contributed by atoms with Crippen LogP contribution in [-0.4, -0.2) is 25.0 Å². The Morgan fingerprint density at radius 3 is 2.63 bits per heavy atom. The normalized spacial score (nSPS) is 15.3. The Kier molecular flexibility index (Phi) is 5.10. The van der Waals surface area contributed by atoms with Crippen molar-refractivity contribution in [2.24, 2.45) is 0 Å². The molecule has 2 aliphatic heterocycles. The van der Waals surface area contributed by atoms with Crippen LogP contribution in [0.25, 0.3) is 0 Å². The average Bonchev–Trinajstić information content (AvgIpc) is 2.69. The van der Waals surface area contributed by atoms with Gasteiger partial charge in [0, 0.05) is 25.2 Å². The third-order valence-corrected chi connectivity index (χ3v) is 5.30. The highest BCUT2D eigenvalue weighted by molar-refractivity contribution is 5.99. The van der Waals surface area contributed by atoms with E-state index in [2.05, 4.69) is 22.8 Å². The van der Waals surface area contributed by atoms with E-state index in [9.17, 15) is 9.59 Å². The topological polar surface area (TPSA) is 61.4 Å². The van der Waals surface area contributed by atoms with Gasteiger partial charge in [-0.2, -0.15) is 0 Å². The second-order valence-corrected chi connectivity index (χ2v) is 7.26. The highest BCUT2D eigenvalue weighted by atomic mass is 16.2. The molecule has 0 radical (unpaired) electrons. The van der Waals surface area contributed by atoms with Crippen LogP contribution in [0.15, 0.2) is 42.5 Å². The van der Waals surface area contributed by atoms with Crippen LogP contribution in [0.5, 0.6) is 0 Å². The van der Waals surface area contributed by atoms with E-state index in [1.54, 1.807) is 0 Å². The molecule has 5 heteroatoms. The van der Waals surface area contributed by atoms with Gasteiger partial charge < -0.3 is 15.5 Å². The molecule has 5 nitrogen and oxygen atoms in total. The lowest BCUT2D eigenvalue weighted by atomic mass is 9.91. The molecular formula is C22H25N3O2. The monoisotopic (exact) mass is 363 g/mol. The fourth-order valence-corrected chi connectivity index (χ4v) is 4.04. The maximum absolute atomic E-state index is 12.2. The number of hydrogen-bond acceptors (Lipinski definition) is 2. The number of carbonyl (C=O) groups excluding carboxylic acids is 2. The fraction of sp³-hybridized carbons (Fsp3) is 0.364. The molecule has 0 unspecified atom stereocenters. The minimum absolute atomic E-state index is 0.172. The lowest BCUT2D eigenvalue weighted by Crippen LogP contribution is -2.39. The van der Waals surface area contributed by atoms with Crippen LogP contribution >= 0.6 is 0 Å². The second-order valence-electron chi connectivity index (χ2n) is 7.26. The Bertz CT molecular complexity index is 831. The summed E-state index contributed by atoms with van der Waals surface area (Å²) in [6.45, 7) is 1.45. The second kappa shape index (κ2) is 7.82. The average molecular weight is 363 g/mol. The smallest absolute Gasteiger partial charge is 0.319 e. The third kappa shape index (κ3) is 3.97. The number of aryl methyl sites for hydroxylation is 3. The number of carbonyl (C=O) groups is 2. The number of benzene rings is 2. The molecule has 0 aromatic heterocycles. The first kappa shape index (κ1) is 17.6. The molecule has 2 aromatic carbocycles. The number of rotatable bonds is 5. The molecule has 0 saturated carbocycles. The van der Waals surface area contributed by atoms with Crippen molar-refractivity contribution in [2.45, 2.75) is 38.5 Å². The molecule has 2 aliphatic rings. The summed E-state index contributed by atoms with van der Waals surface area (Å²) in [6, 6.07) is 14.2. The minimum Gasteiger partial charge on any atom is -0.338 e. The van der Waals surface area contributed by atoms with E-state index >= 15 is 0 Å². The molecule has 2 heterocycles. The van der Waals surface area contributed by atoms with E-state index in [-0.39, 0.29) is 11.9 Å². The maximum atomic E-state index is 12.2. The van der Waals surface area contributed by atoms with Crippen LogP contribution in [0.1, 0.15) is 36.0 Å². The first-order valence-corrected chi connectivity index (χ1v) is 9.75. The van der Waals surface area contributed by atoms with Crippen molar-refractivity contribution < 1.29 is 9.59 Å². The molecule has 0 saturated heterocycles. The van der Waals surface area contributed by atoms with Crippen LogP contribution in [-0.2, 0) is 24.1 Å². The molecule has 4 rings (SSSR count). The van der Waals surface area contributed by atoms with Gasteiger partial charge >= 0.3 is 6.03 Å². The van der Waals surface area contributed by atoms with Crippen LogP contribution in [0.2, 0.25) is 0 Å². The largest absolute Gasteiger partial charge is 0.338 e. The van der Waals surface area contributed by atoms with Crippen molar-refractivity contribution in [3.8, 4) is 0 Å². The zero-order valence-corrected chi connectivity index (χ0v) is 15.5. The summed E-state index contributed by atoms with van der Waals surface area (Å²) in [5, 5.41) is 5.90. The molecule has 0 fully saturated rings. The molecule has 140 valence electrons. The molecule has 2 N–H and O–H groups in total. The number of nitrogens with one attached hydrogen (secondary N) is 2. The Labute approximate surface area is 159 Å². The summed E-state index contributed by atoms with van der Waals surface area (Å²) in [7, 11) is 0. The van der Waals surface area contributed by atoms with Gasteiger partial charge in [0.2, 0.25) is 5.91 Å². The van der Waals surface area contributed by atoms with E-state index in [1.165, 1.54) is 16.7 Å². The summed E-state index contributed by atoms with van der Waals surface area (Å²) >= 11 is 0. The molecule has 0 bridgehead atoms. The lowest BCUT2D eigenvalue weighted by molar-refractivity contribution is -0.119. The van der Waals surface area contributed by atoms with Crippen LogP contribution in [0, 0.1) is 0 Å². The first-order valence-electron chi connectivity index (χ1n) is 9.75. The van der Waals surface area contributed by atoms with E-state index in [0.717, 1.165) is 50.0 Å². The Morgan fingerprint density at radius 1 is 1.04 bits per heavy atom. The van der Waals surface area contributed by atoms with Crippen molar-refractivity contribution in [1.82, 2.24) is 5.32 Å². The van der Waals surface area contributed by atoms with Gasteiger partial charge in [-0.1, -0.05) is 30.3 Å². The third-order valence-electron chi connectivity index (χ3n) is 5.30. The quantitative estimate of drug-likeness (QED) is 0.797. The van der Waals surface area contributed by atoms with Crippen molar-refractivity contribution >= 4 is 23.3 Å². The SMILES string of the molecule is O=C(NCCCc1ccccc1)Nc1cc2c3c(c1)CCC(=O)N3CCC2. The fourth-order valence-electron chi connectivity index (χ4n) is 4.04. The van der Waals surface area contributed by atoms with Gasteiger partial charge in [-0.15, -0.1) is 0 Å². The van der Waals surface area contributed by atoms with Gasteiger partial charge in [0.05, 0.1) is 5.69 Å². The predicted octanol–water partition coefficient (Wildman–Crippen LogP) is 3.67. The Balaban J connectivity index is 1.34. The number of hydrogen-bond donors (Lipinski definition) is 2. The number of nitrogens with zero attached hydrogens (tertiary/aromatic N) is 1. The zero-order valence-electron chi connectivity index (χ0n) is 15.5. The van der Waals surface area contributed by atoms with E-state index in [1.807, 2.05) is 35.2 Å². The van der Waals surface area contributed by atoms with Gasteiger partial charge in [-0.05, 0) is 60.9 Å². The number of urea groups is 1. The van der Waals surface area contributed by atoms with Gasteiger partial charge in [-0.3, -0.25) is 4.79 Å². The summed E-state index contributed by atoms with van der Waals surface area (Å²) in [6.07, 6.45) is 5.11. The molecule has 3 amide bonds. The summed E-state index contributed by atoms with van der Waals surface area (Å²) in [5.74, 6) is 0.223. The summed E-state index contributed by atoms with van der Waals surface area (Å²) in [4.78, 5) is 26.3. The van der Waals surface area contributed by atoms with E-state index < -0.39 is 0 Å². The summed E-state index contributed by atoms with van der Waals surface area (Å²) in [5.41, 5.74) is 5.54. The van der Waals surface area contributed by atoms with Gasteiger partial charge in [0.15, 0.2) is 0 Å². The minimum atomic E-state index is -0.172. The molecule has 0 atom stereocenters. The predicted molar refractivity (Wildman–Crippen MR) is 107 cm³/mol. The summed E-state index contributed by atoms with van der Waals surface area (Å²) < 4.78 is 0. The highest BCUT2D eigenvalue weighted by Gasteiger charge is 2.29. The van der Waals surface area contributed by atoms with Crippen LogP contribution < -0.4 is 15.5 Å². The van der Waals surface area contributed by atoms with E-state index in [0.29, 0.717) is 13.0 Å². The molecular weight excluding hydrogens is 338 g/mol. The van der Waals surface area contributed by atoms with Gasteiger partial charge in [0.1, 0.15) is 0 Å². The molecule has 0 spiro atoms. The zero-order chi connectivity index (χ0) is 18.6. The highest BCUT2D eigenvalue weighted by Crippen LogP contribution is 2.37. The van der Waals surface area contributed by atoms with Crippen molar-refractivity contribution in [2.75, 3.05) is 23.3 Å². The Morgan fingerprint density at radius 2 is 1.81 bits per heavy atom. The standard InChI is InChI=1S/C22H25N3O2/c26-20-11-10-18-15-19(14-17-9-5-13-25(20)21(17)18)24-22(27)23-12-4-8-16-6-2-1-3-7-16/h1-3,6-7,14-15H,4-5,8-13H2,(H2,23,24,27). The van der Waals surface area contributed by atoms with Gasteiger partial charge in [-0.25, -0.2) is 4.79 Å². The van der Waals surface area contributed by atoms with E-state index in [4.69, 9.17) is 0 Å². The van der Waals surface area contributed by atoms with Crippen molar-refractivity contribution in [1.29, 1.82) is 0 Å². The van der Waals surface area contributed by atoms with Crippen molar-refractivity contribution in [3.05, 3.63) is 59.2 Å². The first-order chi connectivity index (χ1) is 13.2. The van der Waals surface area contributed by atoms with Gasteiger partial charge in [0.25, 0.3) is 0 Å². The molecule has 0 aliphatic carbocycles. The molecule has 2 aromatic rings. The van der Waals surface area contributed by atoms with Crippen LogP contribution in [0.4, 0.5) is 16.2 Å². The lowest BCUT2D eigenvalue weighted by Gasteiger charge is -2.35. The number of anilines is 2. The Hall–Kier alpha value is -2.82. The van der Waals surface area contributed by atoms with Crippen LogP contribution in [0.3, 0.4) is 0 Å².